The molecule has 1 aromatic carbocycles. The zero-order chi connectivity index (χ0) is 17.6. The van der Waals surface area contributed by atoms with E-state index in [4.69, 9.17) is 4.74 Å². The van der Waals surface area contributed by atoms with E-state index in [1.807, 2.05) is 24.3 Å². The predicted octanol–water partition coefficient (Wildman–Crippen LogP) is 2.85. The van der Waals surface area contributed by atoms with Gasteiger partial charge in [0.15, 0.2) is 0 Å². The number of carbonyl (C=O) groups excluding carboxylic acids is 1. The van der Waals surface area contributed by atoms with Crippen molar-refractivity contribution in [2.24, 2.45) is 0 Å². The van der Waals surface area contributed by atoms with Gasteiger partial charge in [-0.25, -0.2) is 4.39 Å². The molecular weight excluding hydrogens is 343 g/mol. The summed E-state index contributed by atoms with van der Waals surface area (Å²) in [6.45, 7) is 0. The third-order valence-corrected chi connectivity index (χ3v) is 4.20. The van der Waals surface area contributed by atoms with Crippen LogP contribution in [0.4, 0.5) is 9.52 Å². The largest absolute Gasteiger partial charge is 0.497 e. The molecule has 25 heavy (non-hydrogen) atoms. The smallest absolute Gasteiger partial charge is 0.232 e. The molecule has 3 aromatic rings. The summed E-state index contributed by atoms with van der Waals surface area (Å²) in [6.07, 6.45) is 1.87. The van der Waals surface area contributed by atoms with E-state index in [2.05, 4.69) is 20.5 Å². The Labute approximate surface area is 147 Å². The standard InChI is InChI=1S/C17H15FN4O2S/c1-24-12-5-2-4-11(8-12)9-16-21-22-17(25-16)20-15(23)10-14-13(18)6-3-7-19-14/h2-8H,9-10H2,1H3,(H,20,22,23). The van der Waals surface area contributed by atoms with Crippen molar-refractivity contribution < 1.29 is 13.9 Å². The fourth-order valence-electron chi connectivity index (χ4n) is 2.20. The number of pyridine rings is 1. The van der Waals surface area contributed by atoms with Gasteiger partial charge in [-0.1, -0.05) is 23.5 Å². The Morgan fingerprint density at radius 1 is 1.28 bits per heavy atom. The second-order valence-electron chi connectivity index (χ2n) is 5.19. The SMILES string of the molecule is COc1cccc(Cc2nnc(NC(=O)Cc3ncccc3F)s2)c1. The fraction of sp³-hybridized carbons (Fsp3) is 0.176. The zero-order valence-electron chi connectivity index (χ0n) is 13.4. The first-order valence-electron chi connectivity index (χ1n) is 7.48. The van der Waals surface area contributed by atoms with E-state index in [1.54, 1.807) is 7.11 Å². The van der Waals surface area contributed by atoms with Crippen molar-refractivity contribution in [1.29, 1.82) is 0 Å². The zero-order valence-corrected chi connectivity index (χ0v) is 14.2. The molecule has 0 aliphatic heterocycles. The minimum Gasteiger partial charge on any atom is -0.497 e. The van der Waals surface area contributed by atoms with E-state index in [0.717, 1.165) is 16.3 Å². The summed E-state index contributed by atoms with van der Waals surface area (Å²) in [4.78, 5) is 15.8. The van der Waals surface area contributed by atoms with Crippen molar-refractivity contribution in [2.75, 3.05) is 12.4 Å². The molecule has 0 fully saturated rings. The summed E-state index contributed by atoms with van der Waals surface area (Å²) in [6, 6.07) is 10.4. The van der Waals surface area contributed by atoms with Crippen molar-refractivity contribution >= 4 is 22.4 Å². The highest BCUT2D eigenvalue weighted by molar-refractivity contribution is 7.15. The number of hydrogen-bond donors (Lipinski definition) is 1. The molecule has 128 valence electrons. The lowest BCUT2D eigenvalue weighted by atomic mass is 10.1. The second-order valence-corrected chi connectivity index (χ2v) is 6.25. The van der Waals surface area contributed by atoms with Gasteiger partial charge in [0.2, 0.25) is 11.0 Å². The van der Waals surface area contributed by atoms with Crippen LogP contribution in [0.25, 0.3) is 0 Å². The molecule has 0 atom stereocenters. The molecule has 1 N–H and O–H groups in total. The van der Waals surface area contributed by atoms with E-state index in [-0.39, 0.29) is 18.0 Å². The van der Waals surface area contributed by atoms with Crippen LogP contribution >= 0.6 is 11.3 Å². The monoisotopic (exact) mass is 358 g/mol. The molecule has 0 saturated heterocycles. The van der Waals surface area contributed by atoms with Gasteiger partial charge in [-0.05, 0) is 29.8 Å². The first-order chi connectivity index (χ1) is 12.1. The van der Waals surface area contributed by atoms with Crippen molar-refractivity contribution in [1.82, 2.24) is 15.2 Å². The molecule has 8 heteroatoms. The average Bonchev–Trinajstić information content (AvgIpc) is 3.04. The van der Waals surface area contributed by atoms with Gasteiger partial charge >= 0.3 is 0 Å². The maximum atomic E-state index is 13.5. The molecule has 2 heterocycles. The number of rotatable bonds is 6. The first kappa shape index (κ1) is 17.0. The molecule has 0 radical (unpaired) electrons. The molecule has 0 spiro atoms. The van der Waals surface area contributed by atoms with E-state index in [9.17, 15) is 9.18 Å². The summed E-state index contributed by atoms with van der Waals surface area (Å²) in [7, 11) is 1.61. The molecule has 6 nitrogen and oxygen atoms in total. The van der Waals surface area contributed by atoms with Crippen LogP contribution in [0.2, 0.25) is 0 Å². The molecule has 0 saturated carbocycles. The predicted molar refractivity (Wildman–Crippen MR) is 92.2 cm³/mol. The number of benzene rings is 1. The number of ether oxygens (including phenoxy) is 1. The maximum Gasteiger partial charge on any atom is 0.232 e. The number of nitrogens with one attached hydrogen (secondary N) is 1. The summed E-state index contributed by atoms with van der Waals surface area (Å²) in [5.74, 6) is -0.122. The minimum absolute atomic E-state index is 0.0983. The van der Waals surface area contributed by atoms with Gasteiger partial charge in [-0.2, -0.15) is 0 Å². The van der Waals surface area contributed by atoms with Crippen molar-refractivity contribution in [3.05, 3.63) is 64.7 Å². The van der Waals surface area contributed by atoms with E-state index in [1.165, 1.54) is 29.7 Å². The van der Waals surface area contributed by atoms with Gasteiger partial charge in [0.25, 0.3) is 0 Å². The van der Waals surface area contributed by atoms with Gasteiger partial charge in [0.1, 0.15) is 16.6 Å². The minimum atomic E-state index is -0.506. The highest BCUT2D eigenvalue weighted by Gasteiger charge is 2.12. The molecule has 3 rings (SSSR count). The Kier molecular flexibility index (Phi) is 5.30. The molecular formula is C17H15FN4O2S. The molecule has 2 aromatic heterocycles. The van der Waals surface area contributed by atoms with Crippen LogP contribution in [-0.2, 0) is 17.6 Å². The number of amides is 1. The van der Waals surface area contributed by atoms with Crippen LogP contribution in [0, 0.1) is 5.82 Å². The van der Waals surface area contributed by atoms with Crippen LogP contribution in [0.15, 0.2) is 42.6 Å². The van der Waals surface area contributed by atoms with Crippen LogP contribution in [0.3, 0.4) is 0 Å². The second kappa shape index (κ2) is 7.80. The van der Waals surface area contributed by atoms with Crippen LogP contribution in [0.5, 0.6) is 5.75 Å². The van der Waals surface area contributed by atoms with E-state index in [0.29, 0.717) is 11.6 Å². The highest BCUT2D eigenvalue weighted by atomic mass is 32.1. The Balaban J connectivity index is 1.61. The molecule has 0 unspecified atom stereocenters. The normalized spacial score (nSPS) is 10.5. The lowest BCUT2D eigenvalue weighted by Gasteiger charge is -2.02. The quantitative estimate of drug-likeness (QED) is 0.733. The molecule has 0 aliphatic rings. The molecule has 0 bridgehead atoms. The number of carbonyl (C=O) groups is 1. The van der Waals surface area contributed by atoms with Crippen LogP contribution in [0.1, 0.15) is 16.3 Å². The topological polar surface area (TPSA) is 77.0 Å². The van der Waals surface area contributed by atoms with Crippen molar-refractivity contribution in [2.45, 2.75) is 12.8 Å². The lowest BCUT2D eigenvalue weighted by Crippen LogP contribution is -2.15. The number of methoxy groups -OCH3 is 1. The van der Waals surface area contributed by atoms with Gasteiger partial charge in [-0.3, -0.25) is 9.78 Å². The third kappa shape index (κ3) is 4.57. The van der Waals surface area contributed by atoms with Crippen molar-refractivity contribution in [3.63, 3.8) is 0 Å². The van der Waals surface area contributed by atoms with Crippen LogP contribution < -0.4 is 10.1 Å². The number of hydrogen-bond acceptors (Lipinski definition) is 6. The number of aromatic nitrogens is 3. The number of halogens is 1. The van der Waals surface area contributed by atoms with E-state index < -0.39 is 5.82 Å². The molecule has 1 amide bonds. The highest BCUT2D eigenvalue weighted by Crippen LogP contribution is 2.21. The lowest BCUT2D eigenvalue weighted by molar-refractivity contribution is -0.115. The fourth-order valence-corrected chi connectivity index (χ4v) is 2.99. The third-order valence-electron chi connectivity index (χ3n) is 3.37. The summed E-state index contributed by atoms with van der Waals surface area (Å²) in [5, 5.41) is 11.8. The summed E-state index contributed by atoms with van der Waals surface area (Å²) >= 11 is 1.28. The van der Waals surface area contributed by atoms with Crippen molar-refractivity contribution in [3.8, 4) is 5.75 Å². The van der Waals surface area contributed by atoms with Gasteiger partial charge in [0.05, 0.1) is 19.2 Å². The summed E-state index contributed by atoms with van der Waals surface area (Å²) < 4.78 is 18.7. The molecule has 0 aliphatic carbocycles. The van der Waals surface area contributed by atoms with Gasteiger partial charge in [0, 0.05) is 12.6 Å². The number of anilines is 1. The average molecular weight is 358 g/mol. The maximum absolute atomic E-state index is 13.5. The Morgan fingerprint density at radius 3 is 2.96 bits per heavy atom. The van der Waals surface area contributed by atoms with Crippen LogP contribution in [-0.4, -0.2) is 28.2 Å². The number of nitrogens with zero attached hydrogens (tertiary/aromatic N) is 3. The Bertz CT molecular complexity index is 884. The first-order valence-corrected chi connectivity index (χ1v) is 8.30. The Morgan fingerprint density at radius 2 is 2.16 bits per heavy atom. The van der Waals surface area contributed by atoms with Gasteiger partial charge < -0.3 is 10.1 Å². The Hall–Kier alpha value is -2.87. The van der Waals surface area contributed by atoms with E-state index >= 15 is 0 Å². The van der Waals surface area contributed by atoms with Gasteiger partial charge in [-0.15, -0.1) is 10.2 Å². The summed E-state index contributed by atoms with van der Waals surface area (Å²) in [5.41, 5.74) is 1.13.